The molecule has 2 aromatic carbocycles. The van der Waals surface area contributed by atoms with Crippen molar-refractivity contribution in [2.75, 3.05) is 6.61 Å². The normalized spacial score (nSPS) is 10.1. The van der Waals surface area contributed by atoms with Gasteiger partial charge in [-0.3, -0.25) is 4.79 Å². The van der Waals surface area contributed by atoms with Gasteiger partial charge in [0.2, 0.25) is 0 Å². The van der Waals surface area contributed by atoms with Gasteiger partial charge < -0.3 is 10.1 Å². The highest BCUT2D eigenvalue weighted by Crippen LogP contribution is 2.11. The van der Waals surface area contributed by atoms with E-state index in [-0.39, 0.29) is 12.5 Å². The van der Waals surface area contributed by atoms with Crippen molar-refractivity contribution in [2.24, 2.45) is 0 Å². The van der Waals surface area contributed by atoms with Crippen molar-refractivity contribution in [3.63, 3.8) is 0 Å². The third-order valence-corrected chi connectivity index (χ3v) is 3.37. The van der Waals surface area contributed by atoms with Crippen LogP contribution in [0.5, 0.6) is 0 Å². The van der Waals surface area contributed by atoms with Gasteiger partial charge in [0.05, 0.1) is 5.56 Å². The van der Waals surface area contributed by atoms with Crippen molar-refractivity contribution in [3.8, 4) is 0 Å². The van der Waals surface area contributed by atoms with Crippen molar-refractivity contribution >= 4 is 23.5 Å². The molecule has 2 rings (SSSR count). The third kappa shape index (κ3) is 4.60. The van der Waals surface area contributed by atoms with Gasteiger partial charge in [0.25, 0.3) is 5.91 Å². The van der Waals surface area contributed by atoms with Gasteiger partial charge in [0.1, 0.15) is 0 Å². The maximum atomic E-state index is 11.8. The number of aryl methyl sites for hydroxylation is 1. The number of rotatable bonds is 5. The van der Waals surface area contributed by atoms with E-state index in [2.05, 4.69) is 5.32 Å². The molecule has 22 heavy (non-hydrogen) atoms. The second kappa shape index (κ2) is 7.61. The summed E-state index contributed by atoms with van der Waals surface area (Å²) < 4.78 is 4.95. The minimum atomic E-state index is -0.575. The Kier molecular flexibility index (Phi) is 5.55. The lowest BCUT2D eigenvalue weighted by molar-refractivity contribution is -0.124. The van der Waals surface area contributed by atoms with E-state index in [1.54, 1.807) is 18.2 Å². The molecule has 4 nitrogen and oxygen atoms in total. The summed E-state index contributed by atoms with van der Waals surface area (Å²) in [4.78, 5) is 23.5. The zero-order valence-electron chi connectivity index (χ0n) is 12.1. The average molecular weight is 318 g/mol. The first-order valence-corrected chi connectivity index (χ1v) is 7.18. The number of halogens is 1. The first-order chi connectivity index (χ1) is 10.6. The number of ether oxygens (including phenoxy) is 1. The summed E-state index contributed by atoms with van der Waals surface area (Å²) in [6.07, 6.45) is 0. The fraction of sp³-hybridized carbons (Fsp3) is 0.176. The van der Waals surface area contributed by atoms with Gasteiger partial charge in [-0.2, -0.15) is 0 Å². The van der Waals surface area contributed by atoms with Gasteiger partial charge in [-0.1, -0.05) is 41.9 Å². The van der Waals surface area contributed by atoms with E-state index in [4.69, 9.17) is 16.3 Å². The minimum Gasteiger partial charge on any atom is -0.452 e. The second-order valence-electron chi connectivity index (χ2n) is 4.79. The van der Waals surface area contributed by atoms with Gasteiger partial charge >= 0.3 is 5.97 Å². The molecule has 0 bridgehead atoms. The second-order valence-corrected chi connectivity index (χ2v) is 5.23. The molecule has 0 heterocycles. The fourth-order valence-electron chi connectivity index (χ4n) is 1.88. The number of hydrogen-bond acceptors (Lipinski definition) is 3. The molecule has 0 saturated carbocycles. The number of carbonyl (C=O) groups is 2. The molecular weight excluding hydrogens is 302 g/mol. The molecule has 0 aliphatic carbocycles. The number of benzene rings is 2. The van der Waals surface area contributed by atoms with Crippen LogP contribution in [0.15, 0.2) is 48.5 Å². The molecule has 0 fully saturated rings. The quantitative estimate of drug-likeness (QED) is 0.862. The first-order valence-electron chi connectivity index (χ1n) is 6.80. The summed E-state index contributed by atoms with van der Waals surface area (Å²) in [5.74, 6) is -0.924. The van der Waals surface area contributed by atoms with Crippen LogP contribution in [-0.4, -0.2) is 18.5 Å². The van der Waals surface area contributed by atoms with Crippen LogP contribution in [0, 0.1) is 6.92 Å². The van der Waals surface area contributed by atoms with E-state index < -0.39 is 5.97 Å². The Balaban J connectivity index is 1.81. The zero-order valence-corrected chi connectivity index (χ0v) is 12.9. The molecule has 0 atom stereocenters. The maximum Gasteiger partial charge on any atom is 0.338 e. The van der Waals surface area contributed by atoms with Crippen LogP contribution in [0.4, 0.5) is 0 Å². The van der Waals surface area contributed by atoms with Crippen LogP contribution >= 0.6 is 11.6 Å². The number of esters is 1. The Bertz CT molecular complexity index is 685. The molecule has 0 aliphatic rings. The highest BCUT2D eigenvalue weighted by molar-refractivity contribution is 6.30. The van der Waals surface area contributed by atoms with Gasteiger partial charge in [-0.15, -0.1) is 0 Å². The van der Waals surface area contributed by atoms with E-state index in [9.17, 15) is 9.59 Å². The predicted octanol–water partition coefficient (Wildman–Crippen LogP) is 3.12. The zero-order chi connectivity index (χ0) is 15.9. The average Bonchev–Trinajstić information content (AvgIpc) is 2.52. The maximum absolute atomic E-state index is 11.8. The van der Waals surface area contributed by atoms with Crippen LogP contribution in [0.3, 0.4) is 0 Å². The molecule has 5 heteroatoms. The van der Waals surface area contributed by atoms with Crippen molar-refractivity contribution in [1.82, 2.24) is 5.32 Å². The van der Waals surface area contributed by atoms with Crippen LogP contribution < -0.4 is 5.32 Å². The number of amides is 1. The standard InChI is InChI=1S/C17H16ClNO3/c1-12-5-2-3-6-14(12)10-19-16(20)11-22-17(21)13-7-4-8-15(18)9-13/h2-9H,10-11H2,1H3,(H,19,20). The monoisotopic (exact) mass is 317 g/mol. The summed E-state index contributed by atoms with van der Waals surface area (Å²) in [6.45, 7) is 2.05. The number of nitrogens with one attached hydrogen (secondary N) is 1. The molecule has 0 radical (unpaired) electrons. The molecule has 1 amide bonds. The minimum absolute atomic E-state index is 0.319. The molecule has 0 saturated heterocycles. The van der Waals surface area contributed by atoms with E-state index >= 15 is 0 Å². The first kappa shape index (κ1) is 16.0. The topological polar surface area (TPSA) is 55.4 Å². The lowest BCUT2D eigenvalue weighted by atomic mass is 10.1. The largest absolute Gasteiger partial charge is 0.452 e. The van der Waals surface area contributed by atoms with E-state index in [0.29, 0.717) is 17.1 Å². The Morgan fingerprint density at radius 3 is 2.64 bits per heavy atom. The third-order valence-electron chi connectivity index (χ3n) is 3.13. The SMILES string of the molecule is Cc1ccccc1CNC(=O)COC(=O)c1cccc(Cl)c1. The number of hydrogen-bond donors (Lipinski definition) is 1. The number of carbonyl (C=O) groups excluding carboxylic acids is 2. The van der Waals surface area contributed by atoms with Gasteiger partial charge in [-0.25, -0.2) is 4.79 Å². The smallest absolute Gasteiger partial charge is 0.338 e. The Hall–Kier alpha value is -2.33. The van der Waals surface area contributed by atoms with Crippen molar-refractivity contribution in [1.29, 1.82) is 0 Å². The lowest BCUT2D eigenvalue weighted by Crippen LogP contribution is -2.28. The summed E-state index contributed by atoms with van der Waals surface area (Å²) in [7, 11) is 0. The summed E-state index contributed by atoms with van der Waals surface area (Å²) in [5.41, 5.74) is 2.44. The lowest BCUT2D eigenvalue weighted by Gasteiger charge is -2.08. The van der Waals surface area contributed by atoms with Crippen molar-refractivity contribution < 1.29 is 14.3 Å². The molecule has 2 aromatic rings. The van der Waals surface area contributed by atoms with Gasteiger partial charge in [-0.05, 0) is 36.2 Å². The summed E-state index contributed by atoms with van der Waals surface area (Å²) in [6, 6.07) is 14.1. The Labute approximate surface area is 134 Å². The van der Waals surface area contributed by atoms with Gasteiger partial charge in [0.15, 0.2) is 6.61 Å². The molecule has 1 N–H and O–H groups in total. The molecule has 0 aliphatic heterocycles. The highest BCUT2D eigenvalue weighted by atomic mass is 35.5. The van der Waals surface area contributed by atoms with E-state index in [1.165, 1.54) is 6.07 Å². The van der Waals surface area contributed by atoms with E-state index in [1.807, 2.05) is 31.2 Å². The molecular formula is C17H16ClNO3. The van der Waals surface area contributed by atoms with Crippen molar-refractivity contribution in [2.45, 2.75) is 13.5 Å². The van der Waals surface area contributed by atoms with Crippen LogP contribution in [0.1, 0.15) is 21.5 Å². The molecule has 114 valence electrons. The van der Waals surface area contributed by atoms with Crippen LogP contribution in [0.2, 0.25) is 5.02 Å². The van der Waals surface area contributed by atoms with E-state index in [0.717, 1.165) is 11.1 Å². The molecule has 0 aromatic heterocycles. The highest BCUT2D eigenvalue weighted by Gasteiger charge is 2.10. The summed E-state index contributed by atoms with van der Waals surface area (Å²) in [5, 5.41) is 3.16. The molecule has 0 unspecified atom stereocenters. The van der Waals surface area contributed by atoms with Crippen molar-refractivity contribution in [3.05, 3.63) is 70.2 Å². The predicted molar refractivity (Wildman–Crippen MR) is 84.8 cm³/mol. The Morgan fingerprint density at radius 1 is 1.14 bits per heavy atom. The van der Waals surface area contributed by atoms with Gasteiger partial charge in [0, 0.05) is 11.6 Å². The van der Waals surface area contributed by atoms with Crippen LogP contribution in [0.25, 0.3) is 0 Å². The Morgan fingerprint density at radius 2 is 1.91 bits per heavy atom. The summed E-state index contributed by atoms with van der Waals surface area (Å²) >= 11 is 5.80. The van der Waals surface area contributed by atoms with Crippen LogP contribution in [-0.2, 0) is 16.1 Å². The molecule has 0 spiro atoms. The fourth-order valence-corrected chi connectivity index (χ4v) is 2.07.